The molecule has 1 heterocycles. The number of rotatable bonds is 2. The van der Waals surface area contributed by atoms with Crippen molar-refractivity contribution in [2.24, 2.45) is 0 Å². The second-order valence-corrected chi connectivity index (χ2v) is 6.62. The van der Waals surface area contributed by atoms with E-state index in [9.17, 15) is 3.83 Å². The minimum atomic E-state index is -1.78. The third kappa shape index (κ3) is 1.73. The Bertz CT molecular complexity index is 365. The SMILES string of the molecule is CN(C)CN1C[Se](=O)c2ccccc21. The van der Waals surface area contributed by atoms with Crippen LogP contribution in [-0.4, -0.2) is 44.9 Å². The first-order valence-electron chi connectivity index (χ1n) is 4.55. The van der Waals surface area contributed by atoms with Crippen LogP contribution in [0, 0.1) is 0 Å². The first-order valence-corrected chi connectivity index (χ1v) is 7.32. The van der Waals surface area contributed by atoms with Gasteiger partial charge in [-0.15, -0.1) is 0 Å². The zero-order valence-corrected chi connectivity index (χ0v) is 10.1. The van der Waals surface area contributed by atoms with E-state index in [4.69, 9.17) is 0 Å². The van der Waals surface area contributed by atoms with Crippen molar-refractivity contribution in [3.05, 3.63) is 24.3 Å². The first kappa shape index (κ1) is 9.84. The number of hydrogen-bond donors (Lipinski definition) is 0. The monoisotopic (exact) mass is 258 g/mol. The fourth-order valence-corrected chi connectivity index (χ4v) is 4.39. The normalized spacial score (nSPS) is 20.2. The Kier molecular flexibility index (Phi) is 2.68. The van der Waals surface area contributed by atoms with Crippen LogP contribution in [0.1, 0.15) is 0 Å². The average molecular weight is 257 g/mol. The van der Waals surface area contributed by atoms with Crippen molar-refractivity contribution in [2.75, 3.05) is 31.1 Å². The van der Waals surface area contributed by atoms with Crippen LogP contribution in [0.4, 0.5) is 5.69 Å². The van der Waals surface area contributed by atoms with E-state index in [2.05, 4.69) is 15.9 Å². The van der Waals surface area contributed by atoms with Crippen LogP contribution in [0.15, 0.2) is 24.3 Å². The number of nitrogens with zero attached hydrogens (tertiary/aromatic N) is 2. The molecule has 0 aromatic heterocycles. The standard InChI is InChI=1S/C10H14N2OSe/c1-11(2)7-12-8-14(13)10-6-4-3-5-9(10)12/h3-6H,7-8H2,1-2H3. The van der Waals surface area contributed by atoms with Gasteiger partial charge in [-0.1, -0.05) is 0 Å². The Morgan fingerprint density at radius 2 is 2.14 bits per heavy atom. The van der Waals surface area contributed by atoms with Crippen LogP contribution >= 0.6 is 0 Å². The molecule has 0 aliphatic carbocycles. The molecule has 1 aromatic carbocycles. The van der Waals surface area contributed by atoms with E-state index in [1.165, 1.54) is 0 Å². The Morgan fingerprint density at radius 3 is 2.86 bits per heavy atom. The Labute approximate surface area is 88.4 Å². The van der Waals surface area contributed by atoms with Crippen LogP contribution in [0.3, 0.4) is 0 Å². The first-order chi connectivity index (χ1) is 6.68. The van der Waals surface area contributed by atoms with Crippen molar-refractivity contribution in [2.45, 2.75) is 0 Å². The number of hydrogen-bond acceptors (Lipinski definition) is 3. The van der Waals surface area contributed by atoms with E-state index in [1.54, 1.807) is 0 Å². The van der Waals surface area contributed by atoms with Gasteiger partial charge in [0.2, 0.25) is 0 Å². The molecule has 0 bridgehead atoms. The van der Waals surface area contributed by atoms with E-state index < -0.39 is 13.8 Å². The second-order valence-electron chi connectivity index (χ2n) is 3.70. The van der Waals surface area contributed by atoms with Crippen molar-refractivity contribution < 1.29 is 3.83 Å². The minimum absolute atomic E-state index is 0.720. The van der Waals surface area contributed by atoms with Gasteiger partial charge in [-0.3, -0.25) is 0 Å². The average Bonchev–Trinajstić information content (AvgIpc) is 2.44. The van der Waals surface area contributed by atoms with Gasteiger partial charge in [-0.05, 0) is 0 Å². The topological polar surface area (TPSA) is 23.6 Å². The molecular weight excluding hydrogens is 243 g/mol. The Hall–Kier alpha value is -0.701. The van der Waals surface area contributed by atoms with E-state index in [0.717, 1.165) is 22.3 Å². The molecule has 0 N–H and O–H groups in total. The van der Waals surface area contributed by atoms with Gasteiger partial charge >= 0.3 is 88.1 Å². The van der Waals surface area contributed by atoms with Gasteiger partial charge in [-0.2, -0.15) is 0 Å². The van der Waals surface area contributed by atoms with Gasteiger partial charge in [0.15, 0.2) is 0 Å². The van der Waals surface area contributed by atoms with Crippen molar-refractivity contribution in [3.8, 4) is 0 Å². The molecule has 0 radical (unpaired) electrons. The molecule has 1 aliphatic heterocycles. The maximum absolute atomic E-state index is 11.8. The van der Waals surface area contributed by atoms with E-state index in [-0.39, 0.29) is 0 Å². The van der Waals surface area contributed by atoms with Crippen molar-refractivity contribution in [1.82, 2.24) is 4.90 Å². The molecule has 0 saturated heterocycles. The fourth-order valence-electron chi connectivity index (χ4n) is 1.65. The summed E-state index contributed by atoms with van der Waals surface area (Å²) in [7, 11) is 4.06. The zero-order valence-electron chi connectivity index (χ0n) is 8.43. The summed E-state index contributed by atoms with van der Waals surface area (Å²) < 4.78 is 12.9. The summed E-state index contributed by atoms with van der Waals surface area (Å²) in [5, 5.41) is 0. The molecule has 4 heteroatoms. The van der Waals surface area contributed by atoms with Gasteiger partial charge in [0, 0.05) is 0 Å². The Balaban J connectivity index is 2.30. The summed E-state index contributed by atoms with van der Waals surface area (Å²) in [6.45, 7) is 0.846. The van der Waals surface area contributed by atoms with Gasteiger partial charge in [0.25, 0.3) is 0 Å². The quantitative estimate of drug-likeness (QED) is 0.707. The van der Waals surface area contributed by atoms with Crippen LogP contribution in [0.2, 0.25) is 0 Å². The molecule has 0 saturated carbocycles. The van der Waals surface area contributed by atoms with Crippen LogP contribution in [-0.2, 0) is 3.83 Å². The number of fused-ring (bicyclic) bond motifs is 1. The predicted molar refractivity (Wildman–Crippen MR) is 58.4 cm³/mol. The van der Waals surface area contributed by atoms with Gasteiger partial charge in [0.05, 0.1) is 0 Å². The van der Waals surface area contributed by atoms with E-state index in [0.29, 0.717) is 0 Å². The predicted octanol–water partition coefficient (Wildman–Crippen LogP) is 0.194. The van der Waals surface area contributed by atoms with E-state index >= 15 is 0 Å². The molecule has 1 atom stereocenters. The van der Waals surface area contributed by atoms with E-state index in [1.807, 2.05) is 32.3 Å². The molecule has 0 spiro atoms. The molecule has 1 unspecified atom stereocenters. The van der Waals surface area contributed by atoms with Crippen LogP contribution in [0.25, 0.3) is 0 Å². The van der Waals surface area contributed by atoms with Crippen molar-refractivity contribution in [1.29, 1.82) is 0 Å². The Morgan fingerprint density at radius 1 is 1.43 bits per heavy atom. The third-order valence-corrected chi connectivity index (χ3v) is 5.08. The van der Waals surface area contributed by atoms with Crippen LogP contribution < -0.4 is 9.36 Å². The molecular formula is C10H14N2OSe. The number of anilines is 1. The molecule has 0 fully saturated rings. The maximum atomic E-state index is 11.8. The molecule has 2 rings (SSSR count). The molecule has 76 valence electrons. The molecule has 1 aromatic rings. The summed E-state index contributed by atoms with van der Waals surface area (Å²) in [5.41, 5.74) is 1.87. The summed E-state index contributed by atoms with van der Waals surface area (Å²) in [5.74, 6) is 0. The summed E-state index contributed by atoms with van der Waals surface area (Å²) >= 11 is -1.78. The van der Waals surface area contributed by atoms with Crippen LogP contribution in [0.5, 0.6) is 0 Å². The summed E-state index contributed by atoms with van der Waals surface area (Å²) in [6.07, 6.45) is 0. The second kappa shape index (κ2) is 3.81. The van der Waals surface area contributed by atoms with Gasteiger partial charge in [0.1, 0.15) is 0 Å². The van der Waals surface area contributed by atoms with Crippen molar-refractivity contribution in [3.63, 3.8) is 0 Å². The fraction of sp³-hybridized carbons (Fsp3) is 0.400. The molecule has 1 aliphatic rings. The zero-order chi connectivity index (χ0) is 10.1. The summed E-state index contributed by atoms with van der Waals surface area (Å²) in [4.78, 5) is 4.29. The van der Waals surface area contributed by atoms with Crippen molar-refractivity contribution >= 4 is 24.0 Å². The molecule has 0 amide bonds. The van der Waals surface area contributed by atoms with Gasteiger partial charge in [-0.25, -0.2) is 0 Å². The number of para-hydroxylation sites is 1. The van der Waals surface area contributed by atoms with Gasteiger partial charge < -0.3 is 0 Å². The summed E-state index contributed by atoms with van der Waals surface area (Å²) in [6, 6.07) is 8.01. The third-order valence-electron chi connectivity index (χ3n) is 2.18. The molecule has 3 nitrogen and oxygen atoms in total. The number of benzene rings is 1. The molecule has 14 heavy (non-hydrogen) atoms.